The Hall–Kier alpha value is -3.73. The van der Waals surface area contributed by atoms with Crippen molar-refractivity contribution in [2.45, 2.75) is 70.1 Å². The Labute approximate surface area is 250 Å². The molecule has 0 radical (unpaired) electrons. The lowest BCUT2D eigenvalue weighted by Crippen LogP contribution is -2.43. The third-order valence-corrected chi connectivity index (χ3v) is 9.18. The van der Waals surface area contributed by atoms with E-state index in [1.165, 1.54) is 13.2 Å². The van der Waals surface area contributed by atoms with Crippen LogP contribution in [-0.2, 0) is 28.9 Å². The lowest BCUT2D eigenvalue weighted by atomic mass is 9.95. The van der Waals surface area contributed by atoms with Crippen LogP contribution in [0.5, 0.6) is 11.8 Å². The second-order valence-electron chi connectivity index (χ2n) is 11.9. The molecule has 9 nitrogen and oxygen atoms in total. The van der Waals surface area contributed by atoms with Crippen LogP contribution >= 0.6 is 0 Å². The van der Waals surface area contributed by atoms with Gasteiger partial charge in [0.15, 0.2) is 0 Å². The number of methoxy groups -OCH3 is 1. The average molecular weight is 596 g/mol. The highest BCUT2D eigenvalue weighted by Crippen LogP contribution is 2.41. The number of esters is 1. The number of rotatable bonds is 10. The first-order chi connectivity index (χ1) is 20.8. The molecule has 2 aromatic carbocycles. The van der Waals surface area contributed by atoms with Gasteiger partial charge in [-0.3, -0.25) is 9.69 Å². The van der Waals surface area contributed by atoms with Crippen LogP contribution in [0.1, 0.15) is 55.8 Å². The van der Waals surface area contributed by atoms with Crippen molar-refractivity contribution >= 4 is 28.2 Å². The zero-order valence-electron chi connectivity index (χ0n) is 24.8. The van der Waals surface area contributed by atoms with Gasteiger partial charge in [-0.1, -0.05) is 13.0 Å². The Kier molecular flexibility index (Phi) is 8.26. The van der Waals surface area contributed by atoms with Gasteiger partial charge in [0.25, 0.3) is 0 Å². The predicted molar refractivity (Wildman–Crippen MR) is 160 cm³/mol. The van der Waals surface area contributed by atoms with Gasteiger partial charge >= 0.3 is 12.0 Å². The fourth-order valence-corrected chi connectivity index (χ4v) is 7.08. The summed E-state index contributed by atoms with van der Waals surface area (Å²) >= 11 is 0. The minimum atomic E-state index is -0.857. The Bertz CT molecular complexity index is 1520. The molecule has 0 saturated carbocycles. The van der Waals surface area contributed by atoms with Crippen molar-refractivity contribution in [3.05, 3.63) is 46.9 Å². The summed E-state index contributed by atoms with van der Waals surface area (Å²) in [7, 11) is 1.37. The van der Waals surface area contributed by atoms with E-state index in [4.69, 9.17) is 19.4 Å². The summed E-state index contributed by atoms with van der Waals surface area (Å²) in [5.41, 5.74) is 2.76. The minimum absolute atomic E-state index is 0.115. The molecule has 0 amide bonds. The molecule has 0 unspecified atom stereocenters. The number of aromatic hydroxyl groups is 1. The standard InChI is InChI=1S/C32H39F2N5O4/c1-3-23-25(34)8-7-20-14-22(40)15-27(29(20)23)38-13-9-24-26(18-38)36-31(37-30(24)35-11-4-6-28(41)42-2)43-19-32-10-5-12-39(32)17-21(33)16-32/h7-8,14-15,21,40H,3-6,9-13,16-19H2,1-2H3,(H,35,36,37)/t21-,32+/m1/s1. The normalized spacial score (nSPS) is 21.6. The van der Waals surface area contributed by atoms with Crippen LogP contribution in [0.2, 0.25) is 0 Å². The Morgan fingerprint density at radius 3 is 2.93 bits per heavy atom. The fourth-order valence-electron chi connectivity index (χ4n) is 7.08. The molecule has 2 atom stereocenters. The fraction of sp³-hybridized carbons (Fsp3) is 0.531. The van der Waals surface area contributed by atoms with Gasteiger partial charge in [0.2, 0.25) is 0 Å². The van der Waals surface area contributed by atoms with Gasteiger partial charge in [0.1, 0.15) is 30.2 Å². The van der Waals surface area contributed by atoms with Crippen LogP contribution < -0.4 is 15.0 Å². The first-order valence-electron chi connectivity index (χ1n) is 15.2. The second kappa shape index (κ2) is 12.1. The van der Waals surface area contributed by atoms with Crippen molar-refractivity contribution < 1.29 is 28.2 Å². The van der Waals surface area contributed by atoms with Crippen LogP contribution in [0, 0.1) is 5.82 Å². The van der Waals surface area contributed by atoms with E-state index in [-0.39, 0.29) is 35.5 Å². The number of hydrogen-bond acceptors (Lipinski definition) is 9. The van der Waals surface area contributed by atoms with Crippen LogP contribution in [0.4, 0.5) is 20.3 Å². The molecule has 11 heteroatoms. The maximum atomic E-state index is 14.9. The van der Waals surface area contributed by atoms with E-state index in [1.807, 2.05) is 6.92 Å². The minimum Gasteiger partial charge on any atom is -0.508 e. The topological polar surface area (TPSA) is 100 Å². The Morgan fingerprint density at radius 1 is 1.26 bits per heavy atom. The number of carbonyl (C=O) groups is 1. The molecule has 4 heterocycles. The number of ether oxygens (including phenoxy) is 2. The molecule has 43 heavy (non-hydrogen) atoms. The molecule has 2 N–H and O–H groups in total. The first-order valence-corrected chi connectivity index (χ1v) is 15.2. The van der Waals surface area contributed by atoms with E-state index >= 15 is 0 Å². The van der Waals surface area contributed by atoms with Crippen LogP contribution in [-0.4, -0.2) is 77.6 Å². The number of aryl methyl sites for hydroxylation is 1. The quantitative estimate of drug-likeness (QED) is 0.250. The van der Waals surface area contributed by atoms with Gasteiger partial charge in [-0.2, -0.15) is 9.97 Å². The van der Waals surface area contributed by atoms with E-state index in [0.717, 1.165) is 47.1 Å². The summed E-state index contributed by atoms with van der Waals surface area (Å²) in [5.74, 6) is 0.236. The maximum absolute atomic E-state index is 14.9. The highest BCUT2D eigenvalue weighted by molar-refractivity contribution is 5.98. The first kappa shape index (κ1) is 29.3. The van der Waals surface area contributed by atoms with Gasteiger partial charge in [0, 0.05) is 55.2 Å². The second-order valence-corrected chi connectivity index (χ2v) is 11.9. The third kappa shape index (κ3) is 5.79. The van der Waals surface area contributed by atoms with Gasteiger partial charge in [-0.25, -0.2) is 8.78 Å². The van der Waals surface area contributed by atoms with Crippen LogP contribution in [0.15, 0.2) is 24.3 Å². The predicted octanol–water partition coefficient (Wildman–Crippen LogP) is 4.92. The molecular formula is C32H39F2N5O4. The summed E-state index contributed by atoms with van der Waals surface area (Å²) in [6.07, 6.45) is 3.48. The van der Waals surface area contributed by atoms with Gasteiger partial charge in [-0.15, -0.1) is 0 Å². The third-order valence-electron chi connectivity index (χ3n) is 9.18. The van der Waals surface area contributed by atoms with Crippen molar-refractivity contribution in [2.24, 2.45) is 0 Å². The molecule has 2 fully saturated rings. The van der Waals surface area contributed by atoms with E-state index < -0.39 is 6.17 Å². The molecule has 0 bridgehead atoms. The smallest absolute Gasteiger partial charge is 0.318 e. The lowest BCUT2D eigenvalue weighted by molar-refractivity contribution is -0.140. The number of hydrogen-bond donors (Lipinski definition) is 2. The number of fused-ring (bicyclic) bond motifs is 3. The molecule has 2 saturated heterocycles. The van der Waals surface area contributed by atoms with Crippen molar-refractivity contribution in [3.63, 3.8) is 0 Å². The number of phenols is 1. The highest BCUT2D eigenvalue weighted by atomic mass is 19.1. The molecule has 3 aliphatic rings. The average Bonchev–Trinajstić information content (AvgIpc) is 3.53. The summed E-state index contributed by atoms with van der Waals surface area (Å²) in [6, 6.07) is 6.73. The molecule has 0 spiro atoms. The molecule has 6 rings (SSSR count). The summed E-state index contributed by atoms with van der Waals surface area (Å²) in [4.78, 5) is 25.5. The molecule has 3 aliphatic heterocycles. The number of aromatic nitrogens is 2. The van der Waals surface area contributed by atoms with Gasteiger partial charge < -0.3 is 24.8 Å². The zero-order valence-corrected chi connectivity index (χ0v) is 24.8. The Balaban J connectivity index is 1.31. The number of nitrogens with one attached hydrogen (secondary N) is 1. The monoisotopic (exact) mass is 595 g/mol. The molecule has 0 aliphatic carbocycles. The van der Waals surface area contributed by atoms with E-state index in [0.29, 0.717) is 69.9 Å². The van der Waals surface area contributed by atoms with Gasteiger partial charge in [-0.05, 0) is 61.7 Å². The van der Waals surface area contributed by atoms with Gasteiger partial charge in [0.05, 0.1) is 24.9 Å². The summed E-state index contributed by atoms with van der Waals surface area (Å²) in [6.45, 7) is 5.08. The highest BCUT2D eigenvalue weighted by Gasteiger charge is 2.49. The lowest BCUT2D eigenvalue weighted by Gasteiger charge is -2.33. The number of phenolic OH excluding ortho intramolecular Hbond substituents is 1. The van der Waals surface area contributed by atoms with Crippen molar-refractivity contribution in [1.29, 1.82) is 0 Å². The molecule has 230 valence electrons. The maximum Gasteiger partial charge on any atom is 0.318 e. The molecular weight excluding hydrogens is 556 g/mol. The van der Waals surface area contributed by atoms with Crippen LogP contribution in [0.25, 0.3) is 10.8 Å². The number of nitrogens with zero attached hydrogens (tertiary/aromatic N) is 4. The largest absolute Gasteiger partial charge is 0.508 e. The summed E-state index contributed by atoms with van der Waals surface area (Å²) in [5, 5.41) is 15.5. The van der Waals surface area contributed by atoms with E-state index in [2.05, 4.69) is 15.1 Å². The number of carbonyl (C=O) groups excluding carboxylic acids is 1. The SMILES string of the molecule is CCc1c(F)ccc2cc(O)cc(N3CCc4c(nc(OC[C@@]56CCCN5C[C@H](F)C6)nc4NCCCC(=O)OC)C3)c12. The number of halogens is 2. The molecule has 1 aromatic heterocycles. The number of benzene rings is 2. The van der Waals surface area contributed by atoms with Crippen molar-refractivity contribution in [2.75, 3.05) is 50.1 Å². The van der Waals surface area contributed by atoms with Crippen LogP contribution in [0.3, 0.4) is 0 Å². The number of alkyl halides is 1. The Morgan fingerprint density at radius 2 is 2.12 bits per heavy atom. The van der Waals surface area contributed by atoms with Crippen molar-refractivity contribution in [1.82, 2.24) is 14.9 Å². The van der Waals surface area contributed by atoms with E-state index in [1.54, 1.807) is 18.2 Å². The molecule has 3 aromatic rings. The summed E-state index contributed by atoms with van der Waals surface area (Å²) < 4.78 is 40.2. The van der Waals surface area contributed by atoms with Crippen molar-refractivity contribution in [3.8, 4) is 11.8 Å². The number of anilines is 2. The zero-order chi connectivity index (χ0) is 30.1. The van der Waals surface area contributed by atoms with E-state index in [9.17, 15) is 18.7 Å².